The van der Waals surface area contributed by atoms with Crippen LogP contribution in [0.3, 0.4) is 0 Å². The van der Waals surface area contributed by atoms with Crippen LogP contribution in [0.5, 0.6) is 5.75 Å². The Morgan fingerprint density at radius 2 is 1.93 bits per heavy atom. The van der Waals surface area contributed by atoms with Gasteiger partial charge < -0.3 is 15.3 Å². The minimum absolute atomic E-state index is 0.0351. The Morgan fingerprint density at radius 3 is 2.59 bits per heavy atom. The molecule has 0 saturated carbocycles. The first-order valence-electron chi connectivity index (χ1n) is 10.6. The molecule has 0 radical (unpaired) electrons. The molecule has 1 saturated heterocycles. The van der Waals surface area contributed by atoms with Crippen molar-refractivity contribution in [3.05, 3.63) is 65.0 Å². The number of allylic oxidation sites excluding steroid dienone is 1. The summed E-state index contributed by atoms with van der Waals surface area (Å²) in [7, 11) is 0. The van der Waals surface area contributed by atoms with Gasteiger partial charge in [0.15, 0.2) is 0 Å². The van der Waals surface area contributed by atoms with Gasteiger partial charge in [-0.1, -0.05) is 18.2 Å². The molecule has 1 spiro atoms. The first kappa shape index (κ1) is 19.6. The smallest absolute Gasteiger partial charge is 0.272 e. The first-order valence-corrected chi connectivity index (χ1v) is 10.6. The summed E-state index contributed by atoms with van der Waals surface area (Å²) in [5.41, 5.74) is 5.05. The lowest BCUT2D eigenvalue weighted by atomic mass is 9.67. The van der Waals surface area contributed by atoms with Gasteiger partial charge in [-0.05, 0) is 86.5 Å². The fourth-order valence-corrected chi connectivity index (χ4v) is 4.62. The molecule has 1 fully saturated rings. The van der Waals surface area contributed by atoms with Gasteiger partial charge in [-0.25, -0.2) is 0 Å². The number of hydrogen-bond acceptors (Lipinski definition) is 4. The minimum atomic E-state index is -0.0351. The van der Waals surface area contributed by atoms with Crippen molar-refractivity contribution in [2.75, 3.05) is 26.2 Å². The van der Waals surface area contributed by atoms with Gasteiger partial charge in [0.2, 0.25) is 0 Å². The monoisotopic (exact) mass is 391 g/mol. The highest BCUT2D eigenvalue weighted by molar-refractivity contribution is 5.93. The Labute approximate surface area is 172 Å². The average molecular weight is 392 g/mol. The first-order chi connectivity index (χ1) is 14.0. The lowest BCUT2D eigenvalue weighted by Crippen LogP contribution is -2.38. The van der Waals surface area contributed by atoms with E-state index in [9.17, 15) is 9.90 Å². The molecule has 2 N–H and O–H groups in total. The highest BCUT2D eigenvalue weighted by atomic mass is 16.3. The van der Waals surface area contributed by atoms with E-state index in [4.69, 9.17) is 0 Å². The Bertz CT molecular complexity index is 924. The van der Waals surface area contributed by atoms with Crippen molar-refractivity contribution < 1.29 is 9.90 Å². The predicted octanol–water partition coefficient (Wildman–Crippen LogP) is 3.63. The van der Waals surface area contributed by atoms with E-state index < -0.39 is 0 Å². The van der Waals surface area contributed by atoms with E-state index in [-0.39, 0.29) is 17.1 Å². The maximum atomic E-state index is 12.6. The number of fused-ring (bicyclic) bond motifs is 1. The van der Waals surface area contributed by atoms with Gasteiger partial charge in [-0.15, -0.1) is 0 Å². The second-order valence-corrected chi connectivity index (χ2v) is 8.10. The van der Waals surface area contributed by atoms with E-state index in [0.29, 0.717) is 18.8 Å². The standard InChI is InChI=1S/C24H29N3O2/c1-3-27(4-2)23(29)22-8-6-18(16-26-22)21-15-24(9-11-25-12-10-24)14-17-5-7-19(28)13-20(17)21/h5-8,13,15-16,25,28H,3-4,9-12,14H2,1-2H3. The fourth-order valence-electron chi connectivity index (χ4n) is 4.62. The number of pyridine rings is 1. The van der Waals surface area contributed by atoms with Gasteiger partial charge >= 0.3 is 0 Å². The second-order valence-electron chi connectivity index (χ2n) is 8.10. The molecule has 2 aromatic rings. The number of hydrogen-bond donors (Lipinski definition) is 2. The SMILES string of the molecule is CCN(CC)C(=O)c1ccc(C2=CC3(CCNCC3)Cc3ccc(O)cc32)cn1. The number of phenols is 1. The summed E-state index contributed by atoms with van der Waals surface area (Å²) in [6.45, 7) is 7.34. The quantitative estimate of drug-likeness (QED) is 0.835. The van der Waals surface area contributed by atoms with Crippen LogP contribution in [0, 0.1) is 5.41 Å². The van der Waals surface area contributed by atoms with Gasteiger partial charge in [0.1, 0.15) is 11.4 Å². The van der Waals surface area contributed by atoms with Crippen LogP contribution < -0.4 is 5.32 Å². The lowest BCUT2D eigenvalue weighted by Gasteiger charge is -2.39. The number of piperidine rings is 1. The van der Waals surface area contributed by atoms with E-state index in [1.165, 1.54) is 5.56 Å². The number of aromatic nitrogens is 1. The van der Waals surface area contributed by atoms with Crippen molar-refractivity contribution in [1.29, 1.82) is 0 Å². The number of nitrogens with zero attached hydrogens (tertiary/aromatic N) is 2. The molecule has 0 bridgehead atoms. The van der Waals surface area contributed by atoms with Crippen LogP contribution in [-0.2, 0) is 6.42 Å². The Hall–Kier alpha value is -2.66. The molecule has 5 heteroatoms. The number of benzene rings is 1. The van der Waals surface area contributed by atoms with Crippen molar-refractivity contribution in [3.8, 4) is 5.75 Å². The number of aromatic hydroxyl groups is 1. The van der Waals surface area contributed by atoms with E-state index in [0.717, 1.165) is 49.1 Å². The normalized spacial score (nSPS) is 17.5. The van der Waals surface area contributed by atoms with Gasteiger partial charge in [0.25, 0.3) is 5.91 Å². The van der Waals surface area contributed by atoms with Gasteiger partial charge in [0.05, 0.1) is 0 Å². The molecular weight excluding hydrogens is 362 g/mol. The van der Waals surface area contributed by atoms with Crippen molar-refractivity contribution in [2.45, 2.75) is 33.1 Å². The molecule has 2 aliphatic rings. The summed E-state index contributed by atoms with van der Waals surface area (Å²) in [6.07, 6.45) is 7.39. The van der Waals surface area contributed by atoms with Crippen molar-refractivity contribution in [3.63, 3.8) is 0 Å². The predicted molar refractivity (Wildman–Crippen MR) is 115 cm³/mol. The Morgan fingerprint density at radius 1 is 1.17 bits per heavy atom. The Kier molecular flexibility index (Phi) is 5.41. The largest absolute Gasteiger partial charge is 0.508 e. The highest BCUT2D eigenvalue weighted by Crippen LogP contribution is 2.45. The summed E-state index contributed by atoms with van der Waals surface area (Å²) in [5, 5.41) is 13.5. The molecule has 1 aromatic heterocycles. The molecular formula is C24H29N3O2. The summed E-state index contributed by atoms with van der Waals surface area (Å²) in [6, 6.07) is 9.49. The van der Waals surface area contributed by atoms with Crippen LogP contribution in [0.4, 0.5) is 0 Å². The highest BCUT2D eigenvalue weighted by Gasteiger charge is 2.35. The molecule has 152 valence electrons. The van der Waals surface area contributed by atoms with Gasteiger partial charge in [0, 0.05) is 24.8 Å². The number of amides is 1. The second kappa shape index (κ2) is 7.99. The maximum absolute atomic E-state index is 12.6. The molecule has 2 heterocycles. The minimum Gasteiger partial charge on any atom is -0.508 e. The molecule has 1 aliphatic carbocycles. The van der Waals surface area contributed by atoms with E-state index >= 15 is 0 Å². The molecule has 5 nitrogen and oxygen atoms in total. The molecule has 4 rings (SSSR count). The molecule has 0 atom stereocenters. The average Bonchev–Trinajstić information content (AvgIpc) is 2.75. The van der Waals surface area contributed by atoms with Crippen LogP contribution in [0.15, 0.2) is 42.6 Å². The zero-order valence-corrected chi connectivity index (χ0v) is 17.2. The van der Waals surface area contributed by atoms with Crippen LogP contribution in [0.2, 0.25) is 0 Å². The third-order valence-electron chi connectivity index (χ3n) is 6.32. The van der Waals surface area contributed by atoms with E-state index in [1.54, 1.807) is 17.2 Å². The zero-order chi connectivity index (χ0) is 20.4. The van der Waals surface area contributed by atoms with Crippen molar-refractivity contribution in [2.24, 2.45) is 5.41 Å². The number of carbonyl (C=O) groups is 1. The van der Waals surface area contributed by atoms with Crippen molar-refractivity contribution in [1.82, 2.24) is 15.2 Å². The molecule has 1 aliphatic heterocycles. The van der Waals surface area contributed by atoms with E-state index in [1.807, 2.05) is 38.1 Å². The summed E-state index contributed by atoms with van der Waals surface area (Å²) in [4.78, 5) is 18.9. The zero-order valence-electron chi connectivity index (χ0n) is 17.2. The third kappa shape index (κ3) is 3.79. The van der Waals surface area contributed by atoms with Gasteiger partial charge in [-0.2, -0.15) is 0 Å². The number of carbonyl (C=O) groups excluding carboxylic acids is 1. The Balaban J connectivity index is 1.73. The maximum Gasteiger partial charge on any atom is 0.272 e. The molecule has 1 aromatic carbocycles. The van der Waals surface area contributed by atoms with Crippen LogP contribution in [0.25, 0.3) is 5.57 Å². The number of nitrogens with one attached hydrogen (secondary N) is 1. The summed E-state index contributed by atoms with van der Waals surface area (Å²) >= 11 is 0. The molecule has 29 heavy (non-hydrogen) atoms. The van der Waals surface area contributed by atoms with Crippen LogP contribution >= 0.6 is 0 Å². The topological polar surface area (TPSA) is 65.5 Å². The van der Waals surface area contributed by atoms with Crippen molar-refractivity contribution >= 4 is 11.5 Å². The van der Waals surface area contributed by atoms with Crippen LogP contribution in [0.1, 0.15) is 53.9 Å². The number of rotatable bonds is 4. The third-order valence-corrected chi connectivity index (χ3v) is 6.32. The van der Waals surface area contributed by atoms with E-state index in [2.05, 4.69) is 16.4 Å². The summed E-state index contributed by atoms with van der Waals surface area (Å²) in [5.74, 6) is 0.240. The van der Waals surface area contributed by atoms with Gasteiger partial charge in [-0.3, -0.25) is 9.78 Å². The molecule has 0 unspecified atom stereocenters. The summed E-state index contributed by atoms with van der Waals surface area (Å²) < 4.78 is 0. The fraction of sp³-hybridized carbons (Fsp3) is 0.417. The lowest BCUT2D eigenvalue weighted by molar-refractivity contribution is 0.0767. The van der Waals surface area contributed by atoms with Crippen LogP contribution in [-0.4, -0.2) is 47.1 Å². The molecule has 1 amide bonds. The number of phenolic OH excluding ortho intramolecular Hbond substituents is 1.